The Balaban J connectivity index is 1.93. The SMILES string of the molecule is O=C1CNC(=S)N1CCc1ccccn1. The third kappa shape index (κ3) is 2.30. The van der Waals surface area contributed by atoms with E-state index < -0.39 is 0 Å². The third-order valence-corrected chi connectivity index (χ3v) is 2.62. The van der Waals surface area contributed by atoms with E-state index in [1.54, 1.807) is 11.1 Å². The Morgan fingerprint density at radius 2 is 2.40 bits per heavy atom. The lowest BCUT2D eigenvalue weighted by Gasteiger charge is -2.13. The third-order valence-electron chi connectivity index (χ3n) is 2.25. The fourth-order valence-electron chi connectivity index (χ4n) is 1.45. The maximum atomic E-state index is 11.4. The van der Waals surface area contributed by atoms with Crippen LogP contribution in [0, 0.1) is 0 Å². The number of aromatic nitrogens is 1. The van der Waals surface area contributed by atoms with Crippen LogP contribution in [0.5, 0.6) is 0 Å². The number of carbonyl (C=O) groups is 1. The monoisotopic (exact) mass is 221 g/mol. The highest BCUT2D eigenvalue weighted by atomic mass is 32.1. The summed E-state index contributed by atoms with van der Waals surface area (Å²) < 4.78 is 0. The topological polar surface area (TPSA) is 45.2 Å². The maximum absolute atomic E-state index is 11.4. The van der Waals surface area contributed by atoms with E-state index in [2.05, 4.69) is 10.3 Å². The number of nitrogens with one attached hydrogen (secondary N) is 1. The average molecular weight is 221 g/mol. The molecule has 1 saturated heterocycles. The van der Waals surface area contributed by atoms with Crippen molar-refractivity contribution < 1.29 is 4.79 Å². The molecular weight excluding hydrogens is 210 g/mol. The first kappa shape index (κ1) is 10.0. The van der Waals surface area contributed by atoms with Gasteiger partial charge in [-0.25, -0.2) is 0 Å². The predicted octanol–water partition coefficient (Wildman–Crippen LogP) is 0.341. The largest absolute Gasteiger partial charge is 0.353 e. The van der Waals surface area contributed by atoms with Crippen LogP contribution in [0.1, 0.15) is 5.69 Å². The molecule has 4 nitrogen and oxygen atoms in total. The molecule has 1 aliphatic rings. The van der Waals surface area contributed by atoms with Gasteiger partial charge in [0.15, 0.2) is 5.11 Å². The first-order chi connectivity index (χ1) is 7.27. The first-order valence-corrected chi connectivity index (χ1v) is 5.16. The van der Waals surface area contributed by atoms with Gasteiger partial charge in [0.25, 0.3) is 0 Å². The molecule has 0 aliphatic carbocycles. The van der Waals surface area contributed by atoms with Gasteiger partial charge in [-0.1, -0.05) is 6.07 Å². The minimum Gasteiger partial charge on any atom is -0.353 e. The number of rotatable bonds is 3. The van der Waals surface area contributed by atoms with E-state index in [1.807, 2.05) is 18.2 Å². The Kier molecular flexibility index (Phi) is 2.91. The minimum atomic E-state index is 0.0379. The van der Waals surface area contributed by atoms with E-state index in [9.17, 15) is 4.79 Å². The van der Waals surface area contributed by atoms with Crippen LogP contribution in [0.4, 0.5) is 0 Å². The molecule has 1 aliphatic heterocycles. The van der Waals surface area contributed by atoms with Gasteiger partial charge >= 0.3 is 0 Å². The molecule has 5 heteroatoms. The Morgan fingerprint density at radius 3 is 3.00 bits per heavy atom. The van der Waals surface area contributed by atoms with Crippen molar-refractivity contribution in [3.05, 3.63) is 30.1 Å². The van der Waals surface area contributed by atoms with Crippen LogP contribution in [0.25, 0.3) is 0 Å². The Labute approximate surface area is 93.3 Å². The van der Waals surface area contributed by atoms with Gasteiger partial charge in [0, 0.05) is 24.9 Å². The molecule has 0 bridgehead atoms. The summed E-state index contributed by atoms with van der Waals surface area (Å²) in [5.74, 6) is 0.0379. The van der Waals surface area contributed by atoms with Crippen LogP contribution in [-0.2, 0) is 11.2 Å². The molecule has 0 saturated carbocycles. The van der Waals surface area contributed by atoms with E-state index >= 15 is 0 Å². The van der Waals surface area contributed by atoms with Gasteiger partial charge in [-0.15, -0.1) is 0 Å². The standard InChI is InChI=1S/C10H11N3OS/c14-9-7-12-10(15)13(9)6-4-8-3-1-2-5-11-8/h1-3,5H,4,6-7H2,(H,12,15). The minimum absolute atomic E-state index is 0.0379. The average Bonchev–Trinajstić information content (AvgIpc) is 2.58. The highest BCUT2D eigenvalue weighted by molar-refractivity contribution is 7.80. The van der Waals surface area contributed by atoms with E-state index in [1.165, 1.54) is 0 Å². The summed E-state index contributed by atoms with van der Waals surface area (Å²) in [4.78, 5) is 17.1. The molecular formula is C10H11N3OS. The Morgan fingerprint density at radius 1 is 1.53 bits per heavy atom. The summed E-state index contributed by atoms with van der Waals surface area (Å²) in [5.41, 5.74) is 0.972. The molecule has 1 N–H and O–H groups in total. The summed E-state index contributed by atoms with van der Waals surface area (Å²) in [6.07, 6.45) is 2.48. The number of hydrogen-bond donors (Lipinski definition) is 1. The molecule has 0 spiro atoms. The highest BCUT2D eigenvalue weighted by Crippen LogP contribution is 2.02. The second-order valence-corrected chi connectivity index (χ2v) is 3.66. The fourth-order valence-corrected chi connectivity index (χ4v) is 1.72. The molecule has 2 rings (SSSR count). The van der Waals surface area contributed by atoms with Crippen molar-refractivity contribution in [2.75, 3.05) is 13.1 Å². The number of thiocarbonyl (C=S) groups is 1. The number of pyridine rings is 1. The molecule has 1 fully saturated rings. The van der Waals surface area contributed by atoms with Gasteiger partial charge in [-0.2, -0.15) is 0 Å². The van der Waals surface area contributed by atoms with Gasteiger partial charge in [0.1, 0.15) is 0 Å². The van der Waals surface area contributed by atoms with Gasteiger partial charge in [-0.3, -0.25) is 14.7 Å². The Hall–Kier alpha value is -1.49. The second-order valence-electron chi connectivity index (χ2n) is 3.28. The number of nitrogens with zero attached hydrogens (tertiary/aromatic N) is 2. The van der Waals surface area contributed by atoms with Crippen LogP contribution in [0.2, 0.25) is 0 Å². The normalized spacial score (nSPS) is 15.6. The van der Waals surface area contributed by atoms with Crippen molar-refractivity contribution in [2.45, 2.75) is 6.42 Å². The van der Waals surface area contributed by atoms with Gasteiger partial charge < -0.3 is 5.32 Å². The zero-order valence-corrected chi connectivity index (χ0v) is 8.96. The molecule has 0 radical (unpaired) electrons. The van der Waals surface area contributed by atoms with Crippen molar-refractivity contribution in [3.8, 4) is 0 Å². The van der Waals surface area contributed by atoms with Crippen LogP contribution in [0.15, 0.2) is 24.4 Å². The molecule has 2 heterocycles. The van der Waals surface area contributed by atoms with Crippen molar-refractivity contribution in [1.82, 2.24) is 15.2 Å². The zero-order chi connectivity index (χ0) is 10.7. The lowest BCUT2D eigenvalue weighted by Crippen LogP contribution is -2.32. The van der Waals surface area contributed by atoms with Crippen molar-refractivity contribution in [1.29, 1.82) is 0 Å². The zero-order valence-electron chi connectivity index (χ0n) is 8.14. The van der Waals surface area contributed by atoms with Crippen molar-refractivity contribution >= 4 is 23.2 Å². The molecule has 0 unspecified atom stereocenters. The number of carbonyl (C=O) groups excluding carboxylic acids is 1. The van der Waals surface area contributed by atoms with Gasteiger partial charge in [-0.05, 0) is 24.4 Å². The fraction of sp³-hybridized carbons (Fsp3) is 0.300. The molecule has 1 aromatic heterocycles. The molecule has 1 amide bonds. The van der Waals surface area contributed by atoms with Crippen LogP contribution < -0.4 is 5.32 Å². The van der Waals surface area contributed by atoms with Gasteiger partial charge in [0.2, 0.25) is 5.91 Å². The number of amides is 1. The van der Waals surface area contributed by atoms with Crippen molar-refractivity contribution in [2.24, 2.45) is 0 Å². The first-order valence-electron chi connectivity index (χ1n) is 4.75. The lowest BCUT2D eigenvalue weighted by atomic mass is 10.2. The van der Waals surface area contributed by atoms with E-state index in [0.29, 0.717) is 18.2 Å². The molecule has 1 aromatic rings. The predicted molar refractivity (Wildman–Crippen MR) is 60.3 cm³/mol. The van der Waals surface area contributed by atoms with E-state index in [4.69, 9.17) is 12.2 Å². The van der Waals surface area contributed by atoms with Crippen molar-refractivity contribution in [3.63, 3.8) is 0 Å². The second kappa shape index (κ2) is 4.35. The molecule has 0 atom stereocenters. The van der Waals surface area contributed by atoms with Crippen LogP contribution in [-0.4, -0.2) is 34.0 Å². The van der Waals surface area contributed by atoms with Crippen LogP contribution in [0.3, 0.4) is 0 Å². The molecule has 15 heavy (non-hydrogen) atoms. The molecule has 78 valence electrons. The van der Waals surface area contributed by atoms with Gasteiger partial charge in [0.05, 0.1) is 6.54 Å². The highest BCUT2D eigenvalue weighted by Gasteiger charge is 2.24. The summed E-state index contributed by atoms with van der Waals surface area (Å²) in [5, 5.41) is 3.37. The maximum Gasteiger partial charge on any atom is 0.248 e. The quantitative estimate of drug-likeness (QED) is 0.748. The van der Waals surface area contributed by atoms with Crippen LogP contribution >= 0.6 is 12.2 Å². The van der Waals surface area contributed by atoms with E-state index in [-0.39, 0.29) is 5.91 Å². The lowest BCUT2D eigenvalue weighted by molar-refractivity contribution is -0.124. The molecule has 0 aromatic carbocycles. The van der Waals surface area contributed by atoms with E-state index in [0.717, 1.165) is 12.1 Å². The summed E-state index contributed by atoms with van der Waals surface area (Å²) in [6.45, 7) is 0.919. The summed E-state index contributed by atoms with van der Waals surface area (Å²) >= 11 is 5.01. The summed E-state index contributed by atoms with van der Waals surface area (Å²) in [7, 11) is 0. The Bertz CT molecular complexity index is 364. The smallest absolute Gasteiger partial charge is 0.248 e. The summed E-state index contributed by atoms with van der Waals surface area (Å²) in [6, 6.07) is 5.75. The number of hydrogen-bond acceptors (Lipinski definition) is 3.